The Morgan fingerprint density at radius 3 is 2.14 bits per heavy atom. The summed E-state index contributed by atoms with van der Waals surface area (Å²) in [5.74, 6) is 0.608. The molecule has 0 bridgehead atoms. The highest BCUT2D eigenvalue weighted by atomic mass is 14.8. The Morgan fingerprint density at radius 1 is 0.857 bits per heavy atom. The van der Waals surface area contributed by atoms with Crippen LogP contribution in [-0.2, 0) is 0 Å². The van der Waals surface area contributed by atoms with Crippen molar-refractivity contribution >= 4 is 0 Å². The summed E-state index contributed by atoms with van der Waals surface area (Å²) in [5, 5.41) is 0. The average molecular weight is 196 g/mol. The first-order valence-corrected chi connectivity index (χ1v) is 6.27. The molecule has 0 aromatic rings. The number of hydrogen-bond acceptors (Lipinski definition) is 2. The highest BCUT2D eigenvalue weighted by molar-refractivity contribution is 4.99. The van der Waals surface area contributed by atoms with Crippen molar-refractivity contribution in [2.45, 2.75) is 69.4 Å². The van der Waals surface area contributed by atoms with E-state index >= 15 is 0 Å². The molecule has 82 valence electrons. The predicted octanol–water partition coefficient (Wildman–Crippen LogP) is 2.17. The highest BCUT2D eigenvalue weighted by Crippen LogP contribution is 2.39. The van der Waals surface area contributed by atoms with Crippen LogP contribution in [0.4, 0.5) is 0 Å². The first-order valence-electron chi connectivity index (χ1n) is 6.27. The van der Waals surface area contributed by atoms with Crippen LogP contribution >= 0.6 is 0 Å². The van der Waals surface area contributed by atoms with Crippen LogP contribution in [0.5, 0.6) is 0 Å². The Balaban J connectivity index is 2.02. The SMILES string of the molecule is NC1CCCCC1C1(N)CCCCC1. The van der Waals surface area contributed by atoms with Gasteiger partial charge in [-0.3, -0.25) is 0 Å². The van der Waals surface area contributed by atoms with E-state index in [9.17, 15) is 0 Å². The van der Waals surface area contributed by atoms with E-state index in [1.54, 1.807) is 0 Å². The van der Waals surface area contributed by atoms with Crippen molar-refractivity contribution in [3.05, 3.63) is 0 Å². The maximum Gasteiger partial charge on any atom is 0.0197 e. The second-order valence-corrected chi connectivity index (χ2v) is 5.35. The van der Waals surface area contributed by atoms with Gasteiger partial charge >= 0.3 is 0 Å². The molecule has 2 fully saturated rings. The van der Waals surface area contributed by atoms with E-state index < -0.39 is 0 Å². The summed E-state index contributed by atoms with van der Waals surface area (Å²) in [4.78, 5) is 0. The molecule has 14 heavy (non-hydrogen) atoms. The van der Waals surface area contributed by atoms with E-state index in [2.05, 4.69) is 0 Å². The maximum absolute atomic E-state index is 6.54. The van der Waals surface area contributed by atoms with Crippen molar-refractivity contribution in [1.29, 1.82) is 0 Å². The summed E-state index contributed by atoms with van der Waals surface area (Å²) in [6, 6.07) is 0.381. The summed E-state index contributed by atoms with van der Waals surface area (Å²) in [6.07, 6.45) is 11.6. The zero-order chi connectivity index (χ0) is 10.0. The topological polar surface area (TPSA) is 52.0 Å². The van der Waals surface area contributed by atoms with E-state index in [0.717, 1.165) is 0 Å². The zero-order valence-corrected chi connectivity index (χ0v) is 9.17. The van der Waals surface area contributed by atoms with Crippen LogP contribution < -0.4 is 11.5 Å². The molecule has 2 aliphatic rings. The Labute approximate surface area is 87.4 Å². The fourth-order valence-corrected chi connectivity index (χ4v) is 3.45. The van der Waals surface area contributed by atoms with Crippen molar-refractivity contribution in [3.8, 4) is 0 Å². The van der Waals surface area contributed by atoms with Crippen LogP contribution in [-0.4, -0.2) is 11.6 Å². The summed E-state index contributed by atoms with van der Waals surface area (Å²) < 4.78 is 0. The van der Waals surface area contributed by atoms with E-state index in [4.69, 9.17) is 11.5 Å². The third kappa shape index (κ3) is 1.96. The van der Waals surface area contributed by atoms with Crippen molar-refractivity contribution < 1.29 is 0 Å². The van der Waals surface area contributed by atoms with Gasteiger partial charge in [0.1, 0.15) is 0 Å². The zero-order valence-electron chi connectivity index (χ0n) is 9.17. The third-order valence-corrected chi connectivity index (χ3v) is 4.34. The molecule has 2 saturated carbocycles. The van der Waals surface area contributed by atoms with E-state index in [0.29, 0.717) is 12.0 Å². The molecule has 0 aromatic heterocycles. The molecule has 0 saturated heterocycles. The second kappa shape index (κ2) is 4.19. The summed E-state index contributed by atoms with van der Waals surface area (Å²) in [5.41, 5.74) is 12.9. The van der Waals surface area contributed by atoms with Crippen LogP contribution in [0.15, 0.2) is 0 Å². The Hall–Kier alpha value is -0.0800. The van der Waals surface area contributed by atoms with Crippen LogP contribution in [0.1, 0.15) is 57.8 Å². The van der Waals surface area contributed by atoms with Gasteiger partial charge < -0.3 is 11.5 Å². The van der Waals surface area contributed by atoms with Crippen molar-refractivity contribution in [1.82, 2.24) is 0 Å². The standard InChI is InChI=1S/C12H24N2/c13-11-7-3-2-6-10(11)12(14)8-4-1-5-9-12/h10-11H,1-9,13-14H2. The first kappa shape index (κ1) is 10.4. The molecule has 2 rings (SSSR count). The lowest BCUT2D eigenvalue weighted by molar-refractivity contribution is 0.134. The molecule has 0 amide bonds. The van der Waals surface area contributed by atoms with Crippen LogP contribution in [0.25, 0.3) is 0 Å². The minimum Gasteiger partial charge on any atom is -0.327 e. The van der Waals surface area contributed by atoms with Crippen LogP contribution in [0.3, 0.4) is 0 Å². The monoisotopic (exact) mass is 196 g/mol. The molecule has 0 aromatic carbocycles. The molecular formula is C12H24N2. The van der Waals surface area contributed by atoms with Gasteiger partial charge in [0, 0.05) is 11.6 Å². The molecule has 2 heteroatoms. The van der Waals surface area contributed by atoms with Crippen LogP contribution in [0, 0.1) is 5.92 Å². The van der Waals surface area contributed by atoms with Gasteiger partial charge in [0.15, 0.2) is 0 Å². The van der Waals surface area contributed by atoms with Crippen LogP contribution in [0.2, 0.25) is 0 Å². The molecule has 0 aliphatic heterocycles. The lowest BCUT2D eigenvalue weighted by atomic mass is 9.66. The molecule has 0 heterocycles. The average Bonchev–Trinajstić information content (AvgIpc) is 2.19. The van der Waals surface area contributed by atoms with Gasteiger partial charge in [-0.2, -0.15) is 0 Å². The van der Waals surface area contributed by atoms with E-state index in [1.807, 2.05) is 0 Å². The summed E-state index contributed by atoms with van der Waals surface area (Å²) in [6.45, 7) is 0. The number of nitrogens with two attached hydrogens (primary N) is 2. The molecule has 2 aliphatic carbocycles. The molecule has 0 radical (unpaired) electrons. The Kier molecular flexibility index (Phi) is 3.13. The fourth-order valence-electron chi connectivity index (χ4n) is 3.45. The van der Waals surface area contributed by atoms with Crippen molar-refractivity contribution in [2.75, 3.05) is 0 Å². The lowest BCUT2D eigenvalue weighted by Crippen LogP contribution is -2.55. The smallest absolute Gasteiger partial charge is 0.0197 e. The van der Waals surface area contributed by atoms with Gasteiger partial charge in [-0.25, -0.2) is 0 Å². The van der Waals surface area contributed by atoms with Crippen molar-refractivity contribution in [2.24, 2.45) is 17.4 Å². The fraction of sp³-hybridized carbons (Fsp3) is 1.00. The quantitative estimate of drug-likeness (QED) is 0.675. The highest BCUT2D eigenvalue weighted by Gasteiger charge is 2.39. The van der Waals surface area contributed by atoms with Gasteiger partial charge in [0.05, 0.1) is 0 Å². The largest absolute Gasteiger partial charge is 0.327 e. The lowest BCUT2D eigenvalue weighted by Gasteiger charge is -2.45. The Bertz CT molecular complexity index is 185. The van der Waals surface area contributed by atoms with Gasteiger partial charge in [-0.1, -0.05) is 32.1 Å². The van der Waals surface area contributed by atoms with Gasteiger partial charge in [-0.05, 0) is 31.6 Å². The summed E-state index contributed by atoms with van der Waals surface area (Å²) >= 11 is 0. The maximum atomic E-state index is 6.54. The molecule has 0 spiro atoms. The minimum atomic E-state index is 0.0953. The number of hydrogen-bond donors (Lipinski definition) is 2. The van der Waals surface area contributed by atoms with E-state index in [-0.39, 0.29) is 5.54 Å². The van der Waals surface area contributed by atoms with Gasteiger partial charge in [0.25, 0.3) is 0 Å². The third-order valence-electron chi connectivity index (χ3n) is 4.34. The van der Waals surface area contributed by atoms with E-state index in [1.165, 1.54) is 57.8 Å². The Morgan fingerprint density at radius 2 is 1.50 bits per heavy atom. The second-order valence-electron chi connectivity index (χ2n) is 5.35. The normalized spacial score (nSPS) is 38.1. The molecule has 4 N–H and O–H groups in total. The number of rotatable bonds is 1. The van der Waals surface area contributed by atoms with Gasteiger partial charge in [0.2, 0.25) is 0 Å². The predicted molar refractivity (Wildman–Crippen MR) is 59.9 cm³/mol. The molecule has 2 unspecified atom stereocenters. The molecule has 2 nitrogen and oxygen atoms in total. The first-order chi connectivity index (χ1) is 6.72. The van der Waals surface area contributed by atoms with Gasteiger partial charge in [-0.15, -0.1) is 0 Å². The summed E-state index contributed by atoms with van der Waals surface area (Å²) in [7, 11) is 0. The molecule has 2 atom stereocenters. The molecular weight excluding hydrogens is 172 g/mol. The minimum absolute atomic E-state index is 0.0953. The van der Waals surface area contributed by atoms with Crippen molar-refractivity contribution in [3.63, 3.8) is 0 Å².